The maximum Gasteiger partial charge on any atom is 0.101 e. The molecule has 0 amide bonds. The zero-order chi connectivity index (χ0) is 5.54. The average Bonchev–Trinajstić information content (AvgIpc) is 1.69. The van der Waals surface area contributed by atoms with Crippen molar-refractivity contribution in [2.45, 2.75) is 25.6 Å². The maximum atomic E-state index is 11.3. The highest BCUT2D eigenvalue weighted by Crippen LogP contribution is 1.96. The van der Waals surface area contributed by atoms with E-state index in [0.29, 0.717) is 0 Å². The molecule has 0 spiro atoms. The van der Waals surface area contributed by atoms with Gasteiger partial charge in [0.1, 0.15) is 7.85 Å². The fourth-order valence-corrected chi connectivity index (χ4v) is 0.521. The number of alkyl halides is 1. The summed E-state index contributed by atoms with van der Waals surface area (Å²) in [7, 11) is 2.12. The van der Waals surface area contributed by atoms with Gasteiger partial charge in [-0.15, -0.1) is 0 Å². The molecule has 2 heteroatoms. The fourth-order valence-electron chi connectivity index (χ4n) is 0.521. The second-order valence-electron chi connectivity index (χ2n) is 1.75. The highest BCUT2D eigenvalue weighted by atomic mass is 19.1. The summed E-state index contributed by atoms with van der Waals surface area (Å²) in [5.41, 5.74) is 0. The Kier molecular flexibility index (Phi) is 5.99. The highest BCUT2D eigenvalue weighted by Gasteiger charge is 1.82. The van der Waals surface area contributed by atoms with Crippen LogP contribution in [-0.4, -0.2) is 14.5 Å². The minimum atomic E-state index is -0.139. The van der Waals surface area contributed by atoms with Crippen LogP contribution in [0.5, 0.6) is 0 Å². The first-order valence-corrected chi connectivity index (χ1v) is 2.97. The van der Waals surface area contributed by atoms with E-state index in [4.69, 9.17) is 0 Å². The third-order valence-electron chi connectivity index (χ3n) is 0.987. The lowest BCUT2D eigenvalue weighted by atomic mass is 10.00. The highest BCUT2D eigenvalue weighted by molar-refractivity contribution is 6.08. The van der Waals surface area contributed by atoms with Crippen molar-refractivity contribution in [3.63, 3.8) is 0 Å². The topological polar surface area (TPSA) is 0 Å². The number of halogens is 1. The number of rotatable bonds is 4. The maximum absolute atomic E-state index is 11.3. The van der Waals surface area contributed by atoms with E-state index in [1.807, 2.05) is 0 Å². The van der Waals surface area contributed by atoms with Crippen LogP contribution in [0.4, 0.5) is 4.39 Å². The molecule has 0 saturated carbocycles. The van der Waals surface area contributed by atoms with Gasteiger partial charge in [-0.25, -0.2) is 0 Å². The van der Waals surface area contributed by atoms with E-state index in [9.17, 15) is 4.39 Å². The van der Waals surface area contributed by atoms with Gasteiger partial charge >= 0.3 is 0 Å². The van der Waals surface area contributed by atoms with E-state index in [0.717, 1.165) is 12.8 Å². The summed E-state index contributed by atoms with van der Waals surface area (Å²) in [5.74, 6) is 0. The molecule has 0 bridgehead atoms. The summed E-state index contributed by atoms with van der Waals surface area (Å²) in [6.07, 6.45) is 4.20. The average molecular weight is 102 g/mol. The Bertz CT molecular complexity index is 27.3. The molecule has 42 valence electrons. The van der Waals surface area contributed by atoms with Gasteiger partial charge in [0, 0.05) is 0 Å². The molecule has 0 aromatic heterocycles. The summed E-state index contributed by atoms with van der Waals surface area (Å²) in [5, 5.41) is 0. The van der Waals surface area contributed by atoms with Crippen LogP contribution >= 0.6 is 0 Å². The number of hydrogen-bond donors (Lipinski definition) is 0. The summed E-state index contributed by atoms with van der Waals surface area (Å²) >= 11 is 0. The van der Waals surface area contributed by atoms with Crippen molar-refractivity contribution in [3.05, 3.63) is 0 Å². The normalized spacial score (nSPS) is 9.29. The van der Waals surface area contributed by atoms with Gasteiger partial charge in [-0.05, 0) is 6.42 Å². The van der Waals surface area contributed by atoms with Crippen LogP contribution in [0.3, 0.4) is 0 Å². The zero-order valence-corrected chi connectivity index (χ0v) is 4.91. The molecule has 0 aliphatic rings. The van der Waals surface area contributed by atoms with E-state index < -0.39 is 0 Å². The Morgan fingerprint density at radius 2 is 1.86 bits per heavy atom. The lowest BCUT2D eigenvalue weighted by Crippen LogP contribution is -1.76. The van der Waals surface area contributed by atoms with Crippen molar-refractivity contribution in [1.82, 2.24) is 0 Å². The second kappa shape index (κ2) is 5.99. The lowest BCUT2D eigenvalue weighted by molar-refractivity contribution is 0.460. The molecular formula is C5H12BF. The zero-order valence-electron chi connectivity index (χ0n) is 4.91. The standard InChI is InChI=1S/C5H12BF/c6-4-2-1-3-5-7/h1-6H2. The number of unbranched alkanes of at least 4 members (excludes halogenated alkanes) is 2. The largest absolute Gasteiger partial charge is 0.251 e. The van der Waals surface area contributed by atoms with Gasteiger partial charge < -0.3 is 0 Å². The van der Waals surface area contributed by atoms with Gasteiger partial charge in [-0.3, -0.25) is 4.39 Å². The molecule has 0 aromatic carbocycles. The molecule has 0 aliphatic heterocycles. The SMILES string of the molecule is BCCCCCF. The Labute approximate surface area is 45.5 Å². The van der Waals surface area contributed by atoms with E-state index in [1.165, 1.54) is 12.7 Å². The fraction of sp³-hybridized carbons (Fsp3) is 1.00. The molecule has 0 radical (unpaired) electrons. The molecule has 7 heavy (non-hydrogen) atoms. The van der Waals surface area contributed by atoms with Crippen LogP contribution in [0.1, 0.15) is 19.3 Å². The third-order valence-corrected chi connectivity index (χ3v) is 0.987. The molecule has 0 N–H and O–H groups in total. The first-order valence-electron chi connectivity index (χ1n) is 2.97. The summed E-state index contributed by atoms with van der Waals surface area (Å²) in [4.78, 5) is 0. The van der Waals surface area contributed by atoms with Gasteiger partial charge in [0.05, 0.1) is 6.67 Å². The van der Waals surface area contributed by atoms with Crippen LogP contribution in [0.2, 0.25) is 6.32 Å². The van der Waals surface area contributed by atoms with Crippen molar-refractivity contribution in [2.75, 3.05) is 6.67 Å². The molecule has 0 aromatic rings. The first kappa shape index (κ1) is 6.99. The van der Waals surface area contributed by atoms with E-state index in [-0.39, 0.29) is 6.67 Å². The third kappa shape index (κ3) is 5.99. The van der Waals surface area contributed by atoms with Crippen LogP contribution in [0, 0.1) is 0 Å². The molecule has 0 nitrogen and oxygen atoms in total. The Morgan fingerprint density at radius 3 is 2.29 bits per heavy atom. The second-order valence-corrected chi connectivity index (χ2v) is 1.75. The molecule has 0 saturated heterocycles. The predicted molar refractivity (Wildman–Crippen MR) is 33.2 cm³/mol. The van der Waals surface area contributed by atoms with Crippen LogP contribution in [-0.2, 0) is 0 Å². The summed E-state index contributed by atoms with van der Waals surface area (Å²) in [6, 6.07) is 0. The van der Waals surface area contributed by atoms with Gasteiger partial charge in [0.25, 0.3) is 0 Å². The molecule has 0 heterocycles. The molecule has 0 fully saturated rings. The van der Waals surface area contributed by atoms with Crippen molar-refractivity contribution in [3.8, 4) is 0 Å². The van der Waals surface area contributed by atoms with Gasteiger partial charge in [0.15, 0.2) is 0 Å². The molecule has 0 rings (SSSR count). The van der Waals surface area contributed by atoms with E-state index >= 15 is 0 Å². The quantitative estimate of drug-likeness (QED) is 0.369. The summed E-state index contributed by atoms with van der Waals surface area (Å²) in [6.45, 7) is -0.139. The predicted octanol–water partition coefficient (Wildman–Crippen LogP) is 1.18. The minimum absolute atomic E-state index is 0.139. The van der Waals surface area contributed by atoms with Crippen LogP contribution < -0.4 is 0 Å². The number of hydrogen-bond acceptors (Lipinski definition) is 0. The van der Waals surface area contributed by atoms with Crippen molar-refractivity contribution in [1.29, 1.82) is 0 Å². The molecule has 0 aliphatic carbocycles. The molecular weight excluding hydrogens is 89.9 g/mol. The monoisotopic (exact) mass is 102 g/mol. The van der Waals surface area contributed by atoms with Crippen molar-refractivity contribution >= 4 is 7.85 Å². The summed E-state index contributed by atoms with van der Waals surface area (Å²) < 4.78 is 11.3. The van der Waals surface area contributed by atoms with Gasteiger partial charge in [-0.1, -0.05) is 19.2 Å². The van der Waals surface area contributed by atoms with Gasteiger partial charge in [0.2, 0.25) is 0 Å². The van der Waals surface area contributed by atoms with E-state index in [2.05, 4.69) is 7.85 Å². The lowest BCUT2D eigenvalue weighted by Gasteiger charge is -1.88. The Morgan fingerprint density at radius 1 is 1.14 bits per heavy atom. The Hall–Kier alpha value is -0.00506. The van der Waals surface area contributed by atoms with Crippen molar-refractivity contribution < 1.29 is 4.39 Å². The van der Waals surface area contributed by atoms with Crippen LogP contribution in [0.25, 0.3) is 0 Å². The van der Waals surface area contributed by atoms with Crippen LogP contribution in [0.15, 0.2) is 0 Å². The molecule has 0 unspecified atom stereocenters. The Balaban J connectivity index is 2.45. The van der Waals surface area contributed by atoms with Crippen molar-refractivity contribution in [2.24, 2.45) is 0 Å². The first-order chi connectivity index (χ1) is 3.41. The van der Waals surface area contributed by atoms with E-state index in [1.54, 1.807) is 0 Å². The smallest absolute Gasteiger partial charge is 0.101 e. The minimum Gasteiger partial charge on any atom is -0.251 e. The van der Waals surface area contributed by atoms with Gasteiger partial charge in [-0.2, -0.15) is 0 Å². The molecule has 0 atom stereocenters.